The third-order valence-corrected chi connectivity index (χ3v) is 4.35. The third-order valence-electron chi connectivity index (χ3n) is 4.35. The number of hydrogen-bond acceptors (Lipinski definition) is 5. The summed E-state index contributed by atoms with van der Waals surface area (Å²) in [6.07, 6.45) is 4.48. The van der Waals surface area contributed by atoms with Crippen LogP contribution in [0.15, 0.2) is 42.9 Å². The van der Waals surface area contributed by atoms with E-state index < -0.39 is 0 Å². The molecule has 0 N–H and O–H groups in total. The van der Waals surface area contributed by atoms with Crippen LogP contribution in [0.1, 0.15) is 29.0 Å². The summed E-state index contributed by atoms with van der Waals surface area (Å²) in [5, 5.41) is 0. The molecule has 2 aromatic rings. The maximum Gasteiger partial charge on any atom is 0.274 e. The average Bonchev–Trinajstić information content (AvgIpc) is 2.67. The van der Waals surface area contributed by atoms with Crippen LogP contribution in [0.4, 0.5) is 0 Å². The fourth-order valence-corrected chi connectivity index (χ4v) is 3.12. The first-order chi connectivity index (χ1) is 12.1. The number of ether oxygens (including phenoxy) is 1. The zero-order valence-electron chi connectivity index (χ0n) is 14.3. The molecule has 7 heteroatoms. The molecule has 1 atom stereocenters. The van der Waals surface area contributed by atoms with Crippen LogP contribution in [-0.4, -0.2) is 58.3 Å². The number of nitrogens with zero attached hydrogens (tertiary/aromatic N) is 4. The van der Waals surface area contributed by atoms with E-state index in [1.165, 1.54) is 18.6 Å². The highest BCUT2D eigenvalue weighted by molar-refractivity contribution is 5.92. The predicted molar refractivity (Wildman–Crippen MR) is 91.1 cm³/mol. The van der Waals surface area contributed by atoms with Crippen LogP contribution in [-0.2, 0) is 4.79 Å². The predicted octanol–water partition coefficient (Wildman–Crippen LogP) is 1.53. The van der Waals surface area contributed by atoms with Crippen LogP contribution in [0.3, 0.4) is 0 Å². The lowest BCUT2D eigenvalue weighted by Gasteiger charge is -2.41. The maximum absolute atomic E-state index is 12.7. The van der Waals surface area contributed by atoms with Crippen LogP contribution in [0, 0.1) is 0 Å². The highest BCUT2D eigenvalue weighted by Gasteiger charge is 2.34. The lowest BCUT2D eigenvalue weighted by atomic mass is 10.0. The molecule has 1 fully saturated rings. The van der Waals surface area contributed by atoms with Crippen LogP contribution in [0.2, 0.25) is 0 Å². The molecule has 2 heterocycles. The van der Waals surface area contributed by atoms with Crippen LogP contribution in [0.25, 0.3) is 0 Å². The molecule has 0 aliphatic carbocycles. The molecule has 0 bridgehead atoms. The second-order valence-electron chi connectivity index (χ2n) is 5.81. The van der Waals surface area contributed by atoms with Crippen molar-refractivity contribution in [2.45, 2.75) is 13.0 Å². The highest BCUT2D eigenvalue weighted by Crippen LogP contribution is 2.32. The Bertz CT molecular complexity index is 766. The molecule has 1 saturated heterocycles. The number of para-hydroxylation sites is 1. The number of methoxy groups -OCH3 is 1. The smallest absolute Gasteiger partial charge is 0.274 e. The summed E-state index contributed by atoms with van der Waals surface area (Å²) in [5.74, 6) is 0.492. The van der Waals surface area contributed by atoms with E-state index in [1.54, 1.807) is 23.8 Å². The van der Waals surface area contributed by atoms with Crippen molar-refractivity contribution in [3.8, 4) is 5.75 Å². The van der Waals surface area contributed by atoms with Crippen molar-refractivity contribution in [3.05, 3.63) is 54.1 Å². The standard InChI is InChI=1S/C18H20N4O3/c1-13(23)22-10-9-21(18(24)15-11-19-7-8-20-15)12-16(22)14-5-3-4-6-17(14)25-2/h3-8,11,16H,9-10,12H2,1-2H3. The Balaban J connectivity index is 1.90. The van der Waals surface area contributed by atoms with Crippen molar-refractivity contribution >= 4 is 11.8 Å². The summed E-state index contributed by atoms with van der Waals surface area (Å²) in [6, 6.07) is 7.31. The number of carbonyl (C=O) groups is 2. The molecule has 2 amide bonds. The molecular weight excluding hydrogens is 320 g/mol. The Morgan fingerprint density at radius 2 is 2.00 bits per heavy atom. The van der Waals surface area contributed by atoms with Gasteiger partial charge >= 0.3 is 0 Å². The van der Waals surface area contributed by atoms with Crippen molar-refractivity contribution in [1.29, 1.82) is 0 Å². The normalized spacial score (nSPS) is 17.3. The third kappa shape index (κ3) is 3.45. The minimum Gasteiger partial charge on any atom is -0.496 e. The summed E-state index contributed by atoms with van der Waals surface area (Å²) in [5.41, 5.74) is 1.19. The van der Waals surface area contributed by atoms with Gasteiger partial charge in [0.1, 0.15) is 11.4 Å². The fourth-order valence-electron chi connectivity index (χ4n) is 3.12. The first-order valence-corrected chi connectivity index (χ1v) is 8.07. The zero-order valence-corrected chi connectivity index (χ0v) is 14.3. The summed E-state index contributed by atoms with van der Waals surface area (Å²) in [6.45, 7) is 2.85. The molecule has 130 valence electrons. The van der Waals surface area contributed by atoms with E-state index in [0.29, 0.717) is 31.1 Å². The van der Waals surface area contributed by atoms with Gasteiger partial charge in [-0.3, -0.25) is 14.6 Å². The Labute approximate surface area is 146 Å². The molecule has 1 unspecified atom stereocenters. The minimum absolute atomic E-state index is 0.0255. The summed E-state index contributed by atoms with van der Waals surface area (Å²) < 4.78 is 5.44. The number of rotatable bonds is 3. The zero-order chi connectivity index (χ0) is 17.8. The van der Waals surface area contributed by atoms with Crippen LogP contribution < -0.4 is 4.74 Å². The Morgan fingerprint density at radius 3 is 2.68 bits per heavy atom. The Morgan fingerprint density at radius 1 is 1.20 bits per heavy atom. The second-order valence-corrected chi connectivity index (χ2v) is 5.81. The minimum atomic E-state index is -0.261. The number of carbonyl (C=O) groups excluding carboxylic acids is 2. The molecule has 1 aliphatic heterocycles. The molecule has 1 aromatic carbocycles. The van der Waals surface area contributed by atoms with Gasteiger partial charge in [0.2, 0.25) is 5.91 Å². The molecule has 0 spiro atoms. The van der Waals surface area contributed by atoms with Gasteiger partial charge in [-0.15, -0.1) is 0 Å². The van der Waals surface area contributed by atoms with Gasteiger partial charge in [-0.1, -0.05) is 18.2 Å². The van der Waals surface area contributed by atoms with Gasteiger partial charge in [-0.2, -0.15) is 0 Å². The van der Waals surface area contributed by atoms with E-state index >= 15 is 0 Å². The lowest BCUT2D eigenvalue weighted by molar-refractivity contribution is -0.133. The quantitative estimate of drug-likeness (QED) is 0.847. The van der Waals surface area contributed by atoms with Gasteiger partial charge in [0, 0.05) is 44.5 Å². The first kappa shape index (κ1) is 16.9. The molecule has 3 rings (SSSR count). The molecule has 1 aliphatic rings. The van der Waals surface area contributed by atoms with E-state index in [4.69, 9.17) is 4.74 Å². The highest BCUT2D eigenvalue weighted by atomic mass is 16.5. The van der Waals surface area contributed by atoms with Gasteiger partial charge in [0.25, 0.3) is 5.91 Å². The maximum atomic E-state index is 12.7. The SMILES string of the molecule is COc1ccccc1C1CN(C(=O)c2cnccn2)CCN1C(C)=O. The first-order valence-electron chi connectivity index (χ1n) is 8.07. The topological polar surface area (TPSA) is 75.6 Å². The van der Waals surface area contributed by atoms with Crippen LogP contribution in [0.5, 0.6) is 5.75 Å². The molecule has 0 saturated carbocycles. The fraction of sp³-hybridized carbons (Fsp3) is 0.333. The van der Waals surface area contributed by atoms with Gasteiger partial charge in [-0.05, 0) is 6.07 Å². The van der Waals surface area contributed by atoms with Crippen molar-refractivity contribution < 1.29 is 14.3 Å². The van der Waals surface area contributed by atoms with E-state index in [0.717, 1.165) is 5.56 Å². The lowest BCUT2D eigenvalue weighted by Crippen LogP contribution is -2.52. The van der Waals surface area contributed by atoms with Gasteiger partial charge in [0.05, 0.1) is 19.3 Å². The number of amides is 2. The van der Waals surface area contributed by atoms with Gasteiger partial charge < -0.3 is 14.5 Å². The van der Waals surface area contributed by atoms with Crippen molar-refractivity contribution in [2.24, 2.45) is 0 Å². The van der Waals surface area contributed by atoms with Gasteiger partial charge in [-0.25, -0.2) is 4.98 Å². The second kappa shape index (κ2) is 7.29. The van der Waals surface area contributed by atoms with Crippen molar-refractivity contribution in [2.75, 3.05) is 26.7 Å². The number of aromatic nitrogens is 2. The Hall–Kier alpha value is -2.96. The number of benzene rings is 1. The van der Waals surface area contributed by atoms with Crippen molar-refractivity contribution in [1.82, 2.24) is 19.8 Å². The summed E-state index contributed by atoms with van der Waals surface area (Å²) in [7, 11) is 1.60. The van der Waals surface area contributed by atoms with E-state index in [9.17, 15) is 9.59 Å². The average molecular weight is 340 g/mol. The largest absolute Gasteiger partial charge is 0.496 e. The van der Waals surface area contributed by atoms with Crippen molar-refractivity contribution in [3.63, 3.8) is 0 Å². The summed E-state index contributed by atoms with van der Waals surface area (Å²) in [4.78, 5) is 36.3. The van der Waals surface area contributed by atoms with E-state index in [1.807, 2.05) is 24.3 Å². The molecule has 1 aromatic heterocycles. The summed E-state index contributed by atoms with van der Waals surface area (Å²) >= 11 is 0. The molecular formula is C18H20N4O3. The van der Waals surface area contributed by atoms with E-state index in [2.05, 4.69) is 9.97 Å². The van der Waals surface area contributed by atoms with E-state index in [-0.39, 0.29) is 17.9 Å². The molecule has 0 radical (unpaired) electrons. The monoisotopic (exact) mass is 340 g/mol. The molecule has 25 heavy (non-hydrogen) atoms. The number of hydrogen-bond donors (Lipinski definition) is 0. The van der Waals surface area contributed by atoms with Gasteiger partial charge in [0.15, 0.2) is 0 Å². The number of piperazine rings is 1. The van der Waals surface area contributed by atoms with Crippen LogP contribution >= 0.6 is 0 Å². The Kier molecular flexibility index (Phi) is 4.92. The molecule has 7 nitrogen and oxygen atoms in total.